The Morgan fingerprint density at radius 1 is 1.37 bits per heavy atom. The van der Waals surface area contributed by atoms with Gasteiger partial charge in [0.1, 0.15) is 5.15 Å². The number of pyridine rings is 1. The lowest BCUT2D eigenvalue weighted by Crippen LogP contribution is -2.36. The van der Waals surface area contributed by atoms with E-state index in [1.54, 1.807) is 20.2 Å². The van der Waals surface area contributed by atoms with Gasteiger partial charge in [0.05, 0.1) is 6.54 Å². The first-order chi connectivity index (χ1) is 8.81. The van der Waals surface area contributed by atoms with E-state index in [1.165, 1.54) is 11.0 Å². The van der Waals surface area contributed by atoms with Gasteiger partial charge in [0.15, 0.2) is 0 Å². The number of carbonyl (C=O) groups is 2. The van der Waals surface area contributed by atoms with Gasteiger partial charge in [-0.2, -0.15) is 0 Å². The van der Waals surface area contributed by atoms with Crippen LogP contribution in [0.5, 0.6) is 0 Å². The first-order valence-corrected chi connectivity index (χ1v) is 6.35. The molecular formula is C13H18ClN3O2. The molecule has 0 saturated carbocycles. The average Bonchev–Trinajstić information content (AvgIpc) is 2.34. The van der Waals surface area contributed by atoms with Crippen LogP contribution in [0.4, 0.5) is 0 Å². The van der Waals surface area contributed by atoms with Crippen molar-refractivity contribution in [1.82, 2.24) is 15.2 Å². The summed E-state index contributed by atoms with van der Waals surface area (Å²) in [5, 5.41) is 2.83. The van der Waals surface area contributed by atoms with Gasteiger partial charge in [-0.25, -0.2) is 4.98 Å². The number of nitrogens with zero attached hydrogens (tertiary/aromatic N) is 2. The molecule has 0 aliphatic heterocycles. The number of amides is 2. The van der Waals surface area contributed by atoms with Gasteiger partial charge in [-0.05, 0) is 18.1 Å². The molecule has 19 heavy (non-hydrogen) atoms. The molecule has 0 aromatic carbocycles. The van der Waals surface area contributed by atoms with E-state index in [9.17, 15) is 9.59 Å². The molecule has 1 aromatic rings. The summed E-state index contributed by atoms with van der Waals surface area (Å²) in [5.41, 5.74) is 1.16. The number of likely N-dealkylation sites (N-methyl/N-ethyl adjacent to an activating group) is 1. The van der Waals surface area contributed by atoms with Gasteiger partial charge in [-0.1, -0.05) is 25.4 Å². The highest BCUT2D eigenvalue weighted by atomic mass is 35.5. The third-order valence-corrected chi connectivity index (χ3v) is 2.76. The Hall–Kier alpha value is -1.62. The van der Waals surface area contributed by atoms with Crippen molar-refractivity contribution in [3.63, 3.8) is 0 Å². The smallest absolute Gasteiger partial charge is 0.251 e. The maximum Gasteiger partial charge on any atom is 0.251 e. The molecule has 0 radical (unpaired) electrons. The SMILES string of the molecule is CC(C)c1cc(C(=O)NCC(=O)N(C)C)cc(Cl)n1. The number of carbonyl (C=O) groups excluding carboxylic acids is 2. The van der Waals surface area contributed by atoms with E-state index in [4.69, 9.17) is 11.6 Å². The zero-order valence-electron chi connectivity index (χ0n) is 11.5. The Morgan fingerprint density at radius 2 is 2.00 bits per heavy atom. The van der Waals surface area contributed by atoms with Gasteiger partial charge in [-0.3, -0.25) is 9.59 Å². The zero-order chi connectivity index (χ0) is 14.6. The van der Waals surface area contributed by atoms with E-state index >= 15 is 0 Å². The number of nitrogens with one attached hydrogen (secondary N) is 1. The zero-order valence-corrected chi connectivity index (χ0v) is 12.3. The van der Waals surface area contributed by atoms with Crippen molar-refractivity contribution < 1.29 is 9.59 Å². The van der Waals surface area contributed by atoms with Crippen molar-refractivity contribution in [2.24, 2.45) is 0 Å². The Bertz CT molecular complexity index is 487. The third-order valence-electron chi connectivity index (χ3n) is 2.57. The molecule has 5 nitrogen and oxygen atoms in total. The van der Waals surface area contributed by atoms with Crippen LogP contribution in [0.15, 0.2) is 12.1 Å². The Morgan fingerprint density at radius 3 is 2.53 bits per heavy atom. The molecule has 1 aromatic heterocycles. The Kier molecular flexibility index (Phi) is 5.30. The van der Waals surface area contributed by atoms with Crippen LogP contribution in [-0.2, 0) is 4.79 Å². The molecule has 0 bridgehead atoms. The van der Waals surface area contributed by atoms with E-state index in [1.807, 2.05) is 13.8 Å². The predicted octanol–water partition coefficient (Wildman–Crippen LogP) is 1.68. The summed E-state index contributed by atoms with van der Waals surface area (Å²) in [5.74, 6) is -0.326. The van der Waals surface area contributed by atoms with Gasteiger partial charge < -0.3 is 10.2 Å². The lowest BCUT2D eigenvalue weighted by Gasteiger charge is -2.12. The van der Waals surface area contributed by atoms with Crippen molar-refractivity contribution in [2.75, 3.05) is 20.6 Å². The van der Waals surface area contributed by atoms with Crippen LogP contribution >= 0.6 is 11.6 Å². The fourth-order valence-electron chi connectivity index (χ4n) is 1.36. The molecule has 6 heteroatoms. The molecule has 104 valence electrons. The molecule has 0 atom stereocenters. The highest BCUT2D eigenvalue weighted by molar-refractivity contribution is 6.29. The second kappa shape index (κ2) is 6.52. The summed E-state index contributed by atoms with van der Waals surface area (Å²) < 4.78 is 0. The quantitative estimate of drug-likeness (QED) is 0.855. The van der Waals surface area contributed by atoms with Gasteiger partial charge in [0, 0.05) is 25.4 Å². The van der Waals surface area contributed by atoms with E-state index in [-0.39, 0.29) is 29.4 Å². The highest BCUT2D eigenvalue weighted by Crippen LogP contribution is 2.17. The molecule has 0 aliphatic rings. The van der Waals surface area contributed by atoms with Gasteiger partial charge in [0.25, 0.3) is 5.91 Å². The first-order valence-electron chi connectivity index (χ1n) is 5.97. The van der Waals surface area contributed by atoms with Crippen molar-refractivity contribution in [3.8, 4) is 0 Å². The summed E-state index contributed by atoms with van der Waals surface area (Å²) in [4.78, 5) is 28.9. The molecule has 0 unspecified atom stereocenters. The standard InChI is InChI=1S/C13H18ClN3O2/c1-8(2)10-5-9(6-11(14)16-10)13(19)15-7-12(18)17(3)4/h5-6,8H,7H2,1-4H3,(H,15,19). The number of halogens is 1. The summed E-state index contributed by atoms with van der Waals surface area (Å²) in [6.07, 6.45) is 0. The van der Waals surface area contributed by atoms with E-state index < -0.39 is 0 Å². The summed E-state index contributed by atoms with van der Waals surface area (Å²) >= 11 is 5.89. The molecule has 2 amide bonds. The molecular weight excluding hydrogens is 266 g/mol. The van der Waals surface area contributed by atoms with Crippen molar-refractivity contribution in [3.05, 3.63) is 28.5 Å². The third kappa shape index (κ3) is 4.52. The monoisotopic (exact) mass is 283 g/mol. The van der Waals surface area contributed by atoms with Gasteiger partial charge in [-0.15, -0.1) is 0 Å². The lowest BCUT2D eigenvalue weighted by molar-refractivity contribution is -0.127. The molecule has 0 spiro atoms. The summed E-state index contributed by atoms with van der Waals surface area (Å²) in [6.45, 7) is 3.90. The largest absolute Gasteiger partial charge is 0.347 e. The molecule has 1 rings (SSSR count). The normalized spacial score (nSPS) is 10.4. The number of aromatic nitrogens is 1. The maximum absolute atomic E-state index is 11.9. The number of rotatable bonds is 4. The van der Waals surface area contributed by atoms with Crippen molar-refractivity contribution in [2.45, 2.75) is 19.8 Å². The Balaban J connectivity index is 2.80. The Labute approximate surface area is 118 Å². The fraction of sp³-hybridized carbons (Fsp3) is 0.462. The second-order valence-electron chi connectivity index (χ2n) is 4.73. The minimum atomic E-state index is -0.332. The lowest BCUT2D eigenvalue weighted by atomic mass is 10.1. The van der Waals surface area contributed by atoms with Crippen LogP contribution < -0.4 is 5.32 Å². The first kappa shape index (κ1) is 15.4. The minimum Gasteiger partial charge on any atom is -0.347 e. The number of hydrogen-bond acceptors (Lipinski definition) is 3. The minimum absolute atomic E-state index is 0.0389. The van der Waals surface area contributed by atoms with Crippen molar-refractivity contribution in [1.29, 1.82) is 0 Å². The predicted molar refractivity (Wildman–Crippen MR) is 74.4 cm³/mol. The average molecular weight is 284 g/mol. The topological polar surface area (TPSA) is 62.3 Å². The van der Waals surface area contributed by atoms with Crippen LogP contribution in [0, 0.1) is 0 Å². The van der Waals surface area contributed by atoms with E-state index in [0.29, 0.717) is 5.56 Å². The second-order valence-corrected chi connectivity index (χ2v) is 5.12. The number of hydrogen-bond donors (Lipinski definition) is 1. The van der Waals surface area contributed by atoms with Gasteiger partial charge in [0.2, 0.25) is 5.91 Å². The van der Waals surface area contributed by atoms with Crippen LogP contribution in [0.2, 0.25) is 5.15 Å². The van der Waals surface area contributed by atoms with Crippen LogP contribution in [-0.4, -0.2) is 42.3 Å². The van der Waals surface area contributed by atoms with E-state index in [0.717, 1.165) is 5.69 Å². The summed E-state index contributed by atoms with van der Waals surface area (Å²) in [6, 6.07) is 3.18. The molecule has 0 saturated heterocycles. The van der Waals surface area contributed by atoms with Gasteiger partial charge >= 0.3 is 0 Å². The molecule has 1 heterocycles. The fourth-order valence-corrected chi connectivity index (χ4v) is 1.58. The van der Waals surface area contributed by atoms with Crippen LogP contribution in [0.1, 0.15) is 35.8 Å². The maximum atomic E-state index is 11.9. The summed E-state index contributed by atoms with van der Waals surface area (Å²) in [7, 11) is 3.27. The molecule has 0 aliphatic carbocycles. The molecule has 1 N–H and O–H groups in total. The highest BCUT2D eigenvalue weighted by Gasteiger charge is 2.12. The molecule has 0 fully saturated rings. The van der Waals surface area contributed by atoms with Crippen molar-refractivity contribution >= 4 is 23.4 Å². The van der Waals surface area contributed by atoms with Crippen LogP contribution in [0.3, 0.4) is 0 Å². The van der Waals surface area contributed by atoms with Crippen LogP contribution in [0.25, 0.3) is 0 Å². The van der Waals surface area contributed by atoms with E-state index in [2.05, 4.69) is 10.3 Å².